The average molecular weight is 157 g/mol. The van der Waals surface area contributed by atoms with Crippen molar-refractivity contribution in [3.05, 3.63) is 42.0 Å². The molecule has 0 aromatic rings. The summed E-state index contributed by atoms with van der Waals surface area (Å²) in [6, 6.07) is 0. The highest BCUT2D eigenvalue weighted by molar-refractivity contribution is 6.50. The molecule has 0 N–H and O–H groups in total. The van der Waals surface area contributed by atoms with Crippen LogP contribution in [0.3, 0.4) is 0 Å². The summed E-state index contributed by atoms with van der Waals surface area (Å²) in [5, 5.41) is 13.4. The van der Waals surface area contributed by atoms with Gasteiger partial charge in [0, 0.05) is 12.2 Å². The van der Waals surface area contributed by atoms with Crippen molar-refractivity contribution < 1.29 is 4.68 Å². The first-order valence-corrected chi connectivity index (χ1v) is 3.66. The quantitative estimate of drug-likeness (QED) is 0.373. The molecular formula is C9H7N3. The maximum atomic E-state index is 9.42. The van der Waals surface area contributed by atoms with Crippen molar-refractivity contribution in [2.24, 2.45) is 5.10 Å². The number of hydrogen-bond acceptors (Lipinski definition) is 1. The Bertz CT molecular complexity index is 353. The fourth-order valence-corrected chi connectivity index (χ4v) is 1.07. The van der Waals surface area contributed by atoms with E-state index in [2.05, 4.69) is 5.10 Å². The maximum Gasteiger partial charge on any atom is 0.221 e. The zero-order valence-corrected chi connectivity index (χ0v) is 6.38. The molecule has 2 aliphatic rings. The number of nitrogens with zero attached hydrogens (tertiary/aromatic N) is 3. The molecule has 3 nitrogen and oxygen atoms in total. The molecule has 1 aliphatic carbocycles. The van der Waals surface area contributed by atoms with Crippen LogP contribution in [0.25, 0.3) is 5.41 Å². The second-order valence-electron chi connectivity index (χ2n) is 2.44. The van der Waals surface area contributed by atoms with Crippen molar-refractivity contribution >= 4 is 17.6 Å². The Balaban J connectivity index is 2.47. The highest BCUT2D eigenvalue weighted by atomic mass is 15.4. The largest absolute Gasteiger partial charge is 0.798 e. The van der Waals surface area contributed by atoms with Crippen LogP contribution in [0.2, 0.25) is 0 Å². The van der Waals surface area contributed by atoms with Gasteiger partial charge in [0.1, 0.15) is 6.21 Å². The molecular weight excluding hydrogens is 150 g/mol. The van der Waals surface area contributed by atoms with E-state index in [9.17, 15) is 5.41 Å². The highest BCUT2D eigenvalue weighted by Crippen LogP contribution is 2.00. The van der Waals surface area contributed by atoms with Gasteiger partial charge in [-0.2, -0.15) is 0 Å². The lowest BCUT2D eigenvalue weighted by Gasteiger charge is -2.05. The van der Waals surface area contributed by atoms with Crippen molar-refractivity contribution in [3.8, 4) is 0 Å². The zero-order valence-electron chi connectivity index (χ0n) is 6.38. The predicted octanol–water partition coefficient (Wildman–Crippen LogP) is 1.09. The molecule has 3 heteroatoms. The number of hydrazone groups is 1. The fraction of sp³-hybridized carbons (Fsp3) is 0. The highest BCUT2D eigenvalue weighted by Gasteiger charge is 2.11. The van der Waals surface area contributed by atoms with Crippen molar-refractivity contribution in [2.75, 3.05) is 0 Å². The Labute approximate surface area is 70.2 Å². The van der Waals surface area contributed by atoms with Gasteiger partial charge in [0.25, 0.3) is 0 Å². The molecule has 0 aromatic carbocycles. The van der Waals surface area contributed by atoms with E-state index in [0.717, 1.165) is 0 Å². The summed E-state index contributed by atoms with van der Waals surface area (Å²) in [6.45, 7) is 0. The summed E-state index contributed by atoms with van der Waals surface area (Å²) in [6.07, 6.45) is 12.4. The molecule has 1 aliphatic heterocycles. The molecule has 58 valence electrons. The molecule has 1 heterocycles. The van der Waals surface area contributed by atoms with Gasteiger partial charge in [-0.25, -0.2) is 0 Å². The van der Waals surface area contributed by atoms with E-state index in [-0.39, 0.29) is 5.71 Å². The van der Waals surface area contributed by atoms with Gasteiger partial charge in [0.05, 0.1) is 0 Å². The summed E-state index contributed by atoms with van der Waals surface area (Å²) in [7, 11) is 0. The fourth-order valence-electron chi connectivity index (χ4n) is 1.07. The number of rotatable bonds is 0. The van der Waals surface area contributed by atoms with Crippen LogP contribution in [0, 0.1) is 0 Å². The molecule has 0 bridgehead atoms. The van der Waals surface area contributed by atoms with Crippen LogP contribution in [0.1, 0.15) is 0 Å². The van der Waals surface area contributed by atoms with Gasteiger partial charge >= 0.3 is 0 Å². The molecule has 0 fully saturated rings. The topological polar surface area (TPSA) is 37.7 Å². The first-order valence-electron chi connectivity index (χ1n) is 3.66. The minimum atomic E-state index is 0.237. The van der Waals surface area contributed by atoms with Crippen molar-refractivity contribution in [1.29, 1.82) is 0 Å². The number of allylic oxidation sites excluding steroid dienone is 5. The van der Waals surface area contributed by atoms with Gasteiger partial charge in [-0.05, 0) is 5.10 Å². The van der Waals surface area contributed by atoms with Gasteiger partial charge in [-0.1, -0.05) is 28.6 Å². The van der Waals surface area contributed by atoms with E-state index < -0.39 is 0 Å². The standard InChI is InChI=1S/C9H7N3/c10-8-4-1-2-5-9(8)12-7-3-6-11-12/h1-7H. The molecule has 0 saturated carbocycles. The zero-order chi connectivity index (χ0) is 8.39. The smallest absolute Gasteiger partial charge is 0.221 e. The molecule has 12 heavy (non-hydrogen) atoms. The minimum absolute atomic E-state index is 0.237. The van der Waals surface area contributed by atoms with E-state index in [1.54, 1.807) is 29.3 Å². The monoisotopic (exact) mass is 157 g/mol. The lowest BCUT2D eigenvalue weighted by molar-refractivity contribution is -0.454. The molecule has 0 atom stereocenters. The average Bonchev–Trinajstić information content (AvgIpc) is 2.57. The first-order chi connectivity index (χ1) is 5.88. The Morgan fingerprint density at radius 2 is 2.00 bits per heavy atom. The van der Waals surface area contributed by atoms with Gasteiger partial charge in [-0.15, -0.1) is 0 Å². The van der Waals surface area contributed by atoms with Crippen LogP contribution >= 0.6 is 0 Å². The Hall–Kier alpha value is -1.77. The van der Waals surface area contributed by atoms with E-state index in [1.165, 1.54) is 0 Å². The van der Waals surface area contributed by atoms with Crippen LogP contribution in [-0.4, -0.2) is 22.3 Å². The Kier molecular flexibility index (Phi) is 1.55. The predicted molar refractivity (Wildman–Crippen MR) is 49.5 cm³/mol. The van der Waals surface area contributed by atoms with E-state index >= 15 is 0 Å². The maximum absolute atomic E-state index is 9.42. The van der Waals surface area contributed by atoms with Gasteiger partial charge in [0.2, 0.25) is 11.9 Å². The summed E-state index contributed by atoms with van der Waals surface area (Å²) >= 11 is 0. The third kappa shape index (κ3) is 1.05. The van der Waals surface area contributed by atoms with Crippen LogP contribution in [0.4, 0.5) is 0 Å². The molecule has 0 radical (unpaired) electrons. The van der Waals surface area contributed by atoms with Crippen LogP contribution in [0.15, 0.2) is 41.7 Å². The summed E-state index contributed by atoms with van der Waals surface area (Å²) in [5.41, 5.74) is 0.934. The SMILES string of the molecule is [N-]=C1C=CC=CC1=[N+]1C=CC=N1. The van der Waals surface area contributed by atoms with Gasteiger partial charge in [0.15, 0.2) is 0 Å². The molecule has 0 unspecified atom stereocenters. The van der Waals surface area contributed by atoms with E-state index in [4.69, 9.17) is 0 Å². The molecule has 0 saturated heterocycles. The Morgan fingerprint density at radius 1 is 1.17 bits per heavy atom. The van der Waals surface area contributed by atoms with E-state index in [1.807, 2.05) is 18.2 Å². The third-order valence-corrected chi connectivity index (χ3v) is 1.63. The van der Waals surface area contributed by atoms with Crippen LogP contribution in [0.5, 0.6) is 0 Å². The summed E-state index contributed by atoms with van der Waals surface area (Å²) < 4.78 is 1.62. The van der Waals surface area contributed by atoms with Crippen molar-refractivity contribution in [1.82, 2.24) is 0 Å². The normalized spacial score (nSPS) is 25.8. The lowest BCUT2D eigenvalue weighted by atomic mass is 10.1. The minimum Gasteiger partial charge on any atom is -0.798 e. The van der Waals surface area contributed by atoms with Crippen LogP contribution < -0.4 is 0 Å². The summed E-state index contributed by atoms with van der Waals surface area (Å²) in [4.78, 5) is 0. The first kappa shape index (κ1) is 6.91. The van der Waals surface area contributed by atoms with E-state index in [0.29, 0.717) is 5.71 Å². The molecule has 0 aromatic heterocycles. The lowest BCUT2D eigenvalue weighted by Crippen LogP contribution is -2.18. The third-order valence-electron chi connectivity index (χ3n) is 1.63. The molecule has 2 rings (SSSR count). The van der Waals surface area contributed by atoms with Gasteiger partial charge < -0.3 is 5.41 Å². The van der Waals surface area contributed by atoms with Gasteiger partial charge in [-0.3, -0.25) is 0 Å². The second-order valence-corrected chi connectivity index (χ2v) is 2.44. The second kappa shape index (κ2) is 2.70. The van der Waals surface area contributed by atoms with Crippen LogP contribution in [-0.2, 0) is 0 Å². The molecule has 0 spiro atoms. The van der Waals surface area contributed by atoms with Crippen molar-refractivity contribution in [2.45, 2.75) is 0 Å². The number of hydrogen-bond donors (Lipinski definition) is 0. The summed E-state index contributed by atoms with van der Waals surface area (Å²) in [5.74, 6) is 0. The molecule has 0 amide bonds. The Morgan fingerprint density at radius 3 is 2.67 bits per heavy atom. The van der Waals surface area contributed by atoms with Crippen molar-refractivity contribution in [3.63, 3.8) is 0 Å².